The Balaban J connectivity index is 2.20. The van der Waals surface area contributed by atoms with Crippen LogP contribution in [0.1, 0.15) is 13.3 Å². The number of carboxylic acid groups (broad SMARTS) is 1. The third kappa shape index (κ3) is 2.81. The molecular weight excluding hydrogens is 309 g/mol. The number of aliphatic carboxylic acids is 1. The van der Waals surface area contributed by atoms with Crippen LogP contribution in [0.2, 0.25) is 0 Å². The fourth-order valence-electron chi connectivity index (χ4n) is 3.05. The van der Waals surface area contributed by atoms with E-state index in [1.54, 1.807) is 6.92 Å². The Hall–Kier alpha value is -2.00. The van der Waals surface area contributed by atoms with Gasteiger partial charge in [0, 0.05) is 19.0 Å². The van der Waals surface area contributed by atoms with Gasteiger partial charge in [-0.3, -0.25) is 4.79 Å². The highest BCUT2D eigenvalue weighted by Gasteiger charge is 2.57. The van der Waals surface area contributed by atoms with E-state index in [0.717, 1.165) is 0 Å². The van der Waals surface area contributed by atoms with Crippen LogP contribution in [0.15, 0.2) is 0 Å². The Bertz CT molecular complexity index is 496. The molecule has 2 aliphatic rings. The van der Waals surface area contributed by atoms with E-state index in [4.69, 9.17) is 9.84 Å². The van der Waals surface area contributed by atoms with Crippen molar-refractivity contribution in [3.8, 4) is 0 Å². The van der Waals surface area contributed by atoms with E-state index in [0.29, 0.717) is 4.90 Å². The summed E-state index contributed by atoms with van der Waals surface area (Å²) in [5.41, 5.74) is 0. The number of carbonyl (C=O) groups is 3. The van der Waals surface area contributed by atoms with Gasteiger partial charge in [0.25, 0.3) is 0 Å². The van der Waals surface area contributed by atoms with E-state index in [1.807, 2.05) is 0 Å². The number of hydrogen-bond donors (Lipinski definition) is 1. The number of ether oxygens (including phenoxy) is 1. The van der Waals surface area contributed by atoms with Crippen LogP contribution >= 0.6 is 0 Å². The average Bonchev–Trinajstić information content (AvgIpc) is 2.93. The van der Waals surface area contributed by atoms with Gasteiger partial charge in [-0.05, 0) is 13.3 Å². The van der Waals surface area contributed by atoms with E-state index in [1.165, 1.54) is 4.90 Å². The number of carboxylic acids is 1. The van der Waals surface area contributed by atoms with Crippen LogP contribution in [-0.4, -0.2) is 70.8 Å². The van der Waals surface area contributed by atoms with Crippen LogP contribution < -0.4 is 0 Å². The lowest BCUT2D eigenvalue weighted by Gasteiger charge is -2.29. The van der Waals surface area contributed by atoms with Crippen LogP contribution in [0.5, 0.6) is 0 Å². The van der Waals surface area contributed by atoms with E-state index in [-0.39, 0.29) is 26.1 Å². The van der Waals surface area contributed by atoms with Gasteiger partial charge in [-0.2, -0.15) is 13.2 Å². The van der Waals surface area contributed by atoms with Crippen molar-refractivity contribution >= 4 is 18.0 Å². The van der Waals surface area contributed by atoms with Crippen molar-refractivity contribution in [3.63, 3.8) is 0 Å². The van der Waals surface area contributed by atoms with Gasteiger partial charge in [-0.15, -0.1) is 0 Å². The molecule has 0 aliphatic carbocycles. The monoisotopic (exact) mass is 324 g/mol. The molecule has 2 heterocycles. The van der Waals surface area contributed by atoms with Crippen molar-refractivity contribution in [3.05, 3.63) is 0 Å². The number of likely N-dealkylation sites (tertiary alicyclic amines) is 2. The summed E-state index contributed by atoms with van der Waals surface area (Å²) in [6, 6.07) is -2.48. The number of hydrogen-bond acceptors (Lipinski definition) is 4. The summed E-state index contributed by atoms with van der Waals surface area (Å²) in [4.78, 5) is 35.8. The largest absolute Gasteiger partial charge is 0.480 e. The van der Waals surface area contributed by atoms with Gasteiger partial charge in [0.05, 0.1) is 12.6 Å². The van der Waals surface area contributed by atoms with Crippen molar-refractivity contribution < 1.29 is 37.4 Å². The molecule has 3 unspecified atom stereocenters. The summed E-state index contributed by atoms with van der Waals surface area (Å²) in [6.45, 7) is 1.63. The van der Waals surface area contributed by atoms with Crippen LogP contribution in [0.25, 0.3) is 0 Å². The first-order valence-corrected chi connectivity index (χ1v) is 6.70. The Morgan fingerprint density at radius 3 is 2.41 bits per heavy atom. The minimum absolute atomic E-state index is 0.0783. The van der Waals surface area contributed by atoms with Crippen LogP contribution in [-0.2, 0) is 14.3 Å². The maximum absolute atomic E-state index is 12.7. The predicted molar refractivity (Wildman–Crippen MR) is 64.8 cm³/mol. The second-order valence-electron chi connectivity index (χ2n) is 5.23. The van der Waals surface area contributed by atoms with Gasteiger partial charge >= 0.3 is 24.1 Å². The molecule has 0 aromatic rings. The quantitative estimate of drug-likeness (QED) is 0.807. The topological polar surface area (TPSA) is 87.2 Å². The molecule has 0 spiro atoms. The maximum atomic E-state index is 12.7. The predicted octanol–water partition coefficient (Wildman–Crippen LogP) is 0.691. The van der Waals surface area contributed by atoms with Gasteiger partial charge in [-0.25, -0.2) is 9.59 Å². The van der Waals surface area contributed by atoms with E-state index in [2.05, 4.69) is 0 Å². The number of carbonyl (C=O) groups excluding carboxylic acids is 2. The summed E-state index contributed by atoms with van der Waals surface area (Å²) in [7, 11) is 0. The smallest absolute Gasteiger partial charge is 0.471 e. The average molecular weight is 324 g/mol. The zero-order valence-corrected chi connectivity index (χ0v) is 11.7. The lowest BCUT2D eigenvalue weighted by Crippen LogP contribution is -2.52. The first-order valence-electron chi connectivity index (χ1n) is 6.70. The van der Waals surface area contributed by atoms with Crippen LogP contribution in [0, 0.1) is 5.92 Å². The third-order valence-corrected chi connectivity index (χ3v) is 3.91. The SMILES string of the molecule is CCOC(=O)N1CC2CC(C(=O)O)N(C(=O)C(F)(F)F)C2C1. The van der Waals surface area contributed by atoms with Crippen molar-refractivity contribution in [2.75, 3.05) is 19.7 Å². The Kier molecular flexibility index (Phi) is 4.21. The highest BCUT2D eigenvalue weighted by molar-refractivity contribution is 5.88. The van der Waals surface area contributed by atoms with Crippen molar-refractivity contribution in [1.82, 2.24) is 9.80 Å². The maximum Gasteiger partial charge on any atom is 0.471 e. The summed E-state index contributed by atoms with van der Waals surface area (Å²) < 4.78 is 42.8. The van der Waals surface area contributed by atoms with E-state index >= 15 is 0 Å². The molecule has 2 rings (SSSR count). The number of fused-ring (bicyclic) bond motifs is 1. The van der Waals surface area contributed by atoms with Gasteiger partial charge in [0.2, 0.25) is 0 Å². The Morgan fingerprint density at radius 1 is 1.27 bits per heavy atom. The second kappa shape index (κ2) is 5.65. The summed E-state index contributed by atoms with van der Waals surface area (Å²) >= 11 is 0. The number of alkyl halides is 3. The number of rotatable bonds is 2. The third-order valence-electron chi connectivity index (χ3n) is 3.91. The van der Waals surface area contributed by atoms with Crippen LogP contribution in [0.3, 0.4) is 0 Å². The van der Waals surface area contributed by atoms with E-state index in [9.17, 15) is 27.6 Å². The molecule has 0 bridgehead atoms. The number of halogens is 3. The number of amides is 2. The molecule has 2 saturated heterocycles. The molecule has 7 nitrogen and oxygen atoms in total. The standard InChI is InChI=1S/C12H15F3N2O5/c1-2-22-11(21)16-4-6-3-7(9(18)19)17(8(6)5-16)10(20)12(13,14)15/h6-8H,2-5H2,1H3,(H,18,19). The molecule has 10 heteroatoms. The van der Waals surface area contributed by atoms with Gasteiger partial charge in [0.1, 0.15) is 6.04 Å². The molecule has 2 amide bonds. The lowest BCUT2D eigenvalue weighted by molar-refractivity contribution is -0.190. The molecule has 3 atom stereocenters. The molecule has 2 fully saturated rings. The molecule has 0 aromatic carbocycles. The Labute approximate surface area is 123 Å². The first-order chi connectivity index (χ1) is 10.2. The minimum Gasteiger partial charge on any atom is -0.480 e. The molecule has 2 aliphatic heterocycles. The highest BCUT2D eigenvalue weighted by Crippen LogP contribution is 2.38. The highest BCUT2D eigenvalue weighted by atomic mass is 19.4. The van der Waals surface area contributed by atoms with Gasteiger partial charge in [0.15, 0.2) is 0 Å². The van der Waals surface area contributed by atoms with Crippen molar-refractivity contribution in [2.45, 2.75) is 31.6 Å². The zero-order valence-electron chi connectivity index (χ0n) is 11.7. The molecular formula is C12H15F3N2O5. The van der Waals surface area contributed by atoms with Crippen LogP contribution in [0.4, 0.5) is 18.0 Å². The fourth-order valence-corrected chi connectivity index (χ4v) is 3.05. The second-order valence-corrected chi connectivity index (χ2v) is 5.23. The molecule has 0 radical (unpaired) electrons. The molecule has 0 aromatic heterocycles. The number of nitrogens with zero attached hydrogens (tertiary/aromatic N) is 2. The van der Waals surface area contributed by atoms with E-state index < -0.39 is 42.1 Å². The molecule has 0 saturated carbocycles. The summed E-state index contributed by atoms with van der Waals surface area (Å²) in [6.07, 6.45) is -5.94. The minimum atomic E-state index is -5.15. The lowest BCUT2D eigenvalue weighted by atomic mass is 10.0. The zero-order chi connectivity index (χ0) is 16.7. The Morgan fingerprint density at radius 2 is 1.91 bits per heavy atom. The fraction of sp³-hybridized carbons (Fsp3) is 0.750. The van der Waals surface area contributed by atoms with Crippen molar-refractivity contribution in [2.24, 2.45) is 5.92 Å². The molecule has 124 valence electrons. The van der Waals surface area contributed by atoms with Gasteiger partial charge in [-0.1, -0.05) is 0 Å². The normalized spacial score (nSPS) is 27.7. The summed E-state index contributed by atoms with van der Waals surface area (Å²) in [5.74, 6) is -4.16. The summed E-state index contributed by atoms with van der Waals surface area (Å²) in [5, 5.41) is 9.05. The van der Waals surface area contributed by atoms with Crippen molar-refractivity contribution in [1.29, 1.82) is 0 Å². The first kappa shape index (κ1) is 16.4. The molecule has 22 heavy (non-hydrogen) atoms. The molecule has 1 N–H and O–H groups in total. The van der Waals surface area contributed by atoms with Gasteiger partial charge < -0.3 is 19.6 Å².